The Hall–Kier alpha value is -3.61. The number of carbonyl (C=O) groups excluding carboxylic acids is 1. The molecule has 2 aromatic carbocycles. The smallest absolute Gasteiger partial charge is 0.255 e. The number of nitrogens with one attached hydrogen (secondary N) is 1. The van der Waals surface area contributed by atoms with Crippen LogP contribution in [0.15, 0.2) is 54.6 Å². The highest BCUT2D eigenvalue weighted by molar-refractivity contribution is 6.04. The molecule has 0 saturated carbocycles. The molecule has 2 aliphatic heterocycles. The third kappa shape index (κ3) is 4.30. The SMILES string of the molecule is O=C(Nc1ccc(-c2ccc(N3CCCCCC3)nn2)cc1)c1ccc2c(c1)OCO2. The first-order valence-electron chi connectivity index (χ1n) is 10.7. The lowest BCUT2D eigenvalue weighted by molar-refractivity contribution is 0.102. The van der Waals surface area contributed by atoms with E-state index in [2.05, 4.69) is 20.4 Å². The lowest BCUT2D eigenvalue weighted by atomic mass is 10.1. The summed E-state index contributed by atoms with van der Waals surface area (Å²) in [6, 6.07) is 16.8. The quantitative estimate of drug-likeness (QED) is 0.675. The molecule has 0 unspecified atom stereocenters. The molecule has 1 fully saturated rings. The van der Waals surface area contributed by atoms with E-state index < -0.39 is 0 Å². The van der Waals surface area contributed by atoms with Crippen LogP contribution in [-0.2, 0) is 0 Å². The van der Waals surface area contributed by atoms with Gasteiger partial charge in [-0.25, -0.2) is 0 Å². The van der Waals surface area contributed by atoms with Gasteiger partial charge in [0.25, 0.3) is 5.91 Å². The summed E-state index contributed by atoms with van der Waals surface area (Å²) < 4.78 is 10.6. The van der Waals surface area contributed by atoms with Gasteiger partial charge in [-0.1, -0.05) is 25.0 Å². The molecule has 3 heterocycles. The second-order valence-electron chi connectivity index (χ2n) is 7.78. The van der Waals surface area contributed by atoms with E-state index in [1.165, 1.54) is 25.7 Å². The molecule has 2 aliphatic rings. The minimum absolute atomic E-state index is 0.184. The average molecular weight is 416 g/mol. The Morgan fingerprint density at radius 3 is 2.35 bits per heavy atom. The molecule has 7 nitrogen and oxygen atoms in total. The Morgan fingerprint density at radius 1 is 0.839 bits per heavy atom. The molecule has 5 rings (SSSR count). The monoisotopic (exact) mass is 416 g/mol. The van der Waals surface area contributed by atoms with Crippen molar-refractivity contribution in [2.24, 2.45) is 0 Å². The van der Waals surface area contributed by atoms with Crippen molar-refractivity contribution in [3.8, 4) is 22.8 Å². The molecule has 1 N–H and O–H groups in total. The van der Waals surface area contributed by atoms with Crippen molar-refractivity contribution in [1.82, 2.24) is 10.2 Å². The van der Waals surface area contributed by atoms with Gasteiger partial charge in [-0.05, 0) is 55.3 Å². The number of nitrogens with zero attached hydrogens (tertiary/aromatic N) is 3. The van der Waals surface area contributed by atoms with Crippen LogP contribution in [0, 0.1) is 0 Å². The third-order valence-corrected chi connectivity index (χ3v) is 5.65. The number of rotatable bonds is 4. The molecule has 7 heteroatoms. The highest BCUT2D eigenvalue weighted by Crippen LogP contribution is 2.32. The molecule has 3 aromatic rings. The van der Waals surface area contributed by atoms with Gasteiger partial charge in [-0.2, -0.15) is 0 Å². The van der Waals surface area contributed by atoms with Crippen molar-refractivity contribution in [1.29, 1.82) is 0 Å². The van der Waals surface area contributed by atoms with Crippen molar-refractivity contribution >= 4 is 17.4 Å². The average Bonchev–Trinajstić information content (AvgIpc) is 3.12. The summed E-state index contributed by atoms with van der Waals surface area (Å²) in [7, 11) is 0. The summed E-state index contributed by atoms with van der Waals surface area (Å²) in [5, 5.41) is 11.8. The molecule has 1 aromatic heterocycles. The largest absolute Gasteiger partial charge is 0.454 e. The molecule has 0 atom stereocenters. The van der Waals surface area contributed by atoms with E-state index in [-0.39, 0.29) is 12.7 Å². The van der Waals surface area contributed by atoms with E-state index in [4.69, 9.17) is 9.47 Å². The minimum atomic E-state index is -0.201. The molecular formula is C24H24N4O3. The van der Waals surface area contributed by atoms with Crippen molar-refractivity contribution in [2.75, 3.05) is 30.1 Å². The highest BCUT2D eigenvalue weighted by Gasteiger charge is 2.16. The fourth-order valence-corrected chi connectivity index (χ4v) is 3.91. The molecule has 158 valence electrons. The van der Waals surface area contributed by atoms with Crippen molar-refractivity contribution < 1.29 is 14.3 Å². The van der Waals surface area contributed by atoms with E-state index >= 15 is 0 Å². The summed E-state index contributed by atoms with van der Waals surface area (Å²) >= 11 is 0. The number of anilines is 2. The number of carbonyl (C=O) groups is 1. The maximum atomic E-state index is 12.5. The van der Waals surface area contributed by atoms with Crippen LogP contribution in [0.4, 0.5) is 11.5 Å². The van der Waals surface area contributed by atoms with Gasteiger partial charge in [-0.3, -0.25) is 4.79 Å². The van der Waals surface area contributed by atoms with Crippen molar-refractivity contribution in [3.63, 3.8) is 0 Å². The number of hydrogen-bond acceptors (Lipinski definition) is 6. The number of amides is 1. The summed E-state index contributed by atoms with van der Waals surface area (Å²) in [5.41, 5.74) is 2.99. The Morgan fingerprint density at radius 2 is 1.61 bits per heavy atom. The van der Waals surface area contributed by atoms with Gasteiger partial charge in [0, 0.05) is 29.9 Å². The number of aromatic nitrogens is 2. The predicted octanol–water partition coefficient (Wildman–Crippen LogP) is 4.51. The second-order valence-corrected chi connectivity index (χ2v) is 7.78. The lowest BCUT2D eigenvalue weighted by Crippen LogP contribution is -2.25. The number of hydrogen-bond donors (Lipinski definition) is 1. The van der Waals surface area contributed by atoms with Crippen LogP contribution in [0.1, 0.15) is 36.0 Å². The topological polar surface area (TPSA) is 76.6 Å². The van der Waals surface area contributed by atoms with Crippen LogP contribution in [-0.4, -0.2) is 36.0 Å². The van der Waals surface area contributed by atoms with Crippen molar-refractivity contribution in [3.05, 3.63) is 60.2 Å². The van der Waals surface area contributed by atoms with E-state index in [0.717, 1.165) is 30.2 Å². The highest BCUT2D eigenvalue weighted by atomic mass is 16.7. The van der Waals surface area contributed by atoms with Gasteiger partial charge in [0.15, 0.2) is 17.3 Å². The second kappa shape index (κ2) is 8.63. The minimum Gasteiger partial charge on any atom is -0.454 e. The first-order valence-corrected chi connectivity index (χ1v) is 10.7. The molecule has 0 bridgehead atoms. The van der Waals surface area contributed by atoms with Gasteiger partial charge >= 0.3 is 0 Å². The Labute approximate surface area is 181 Å². The Balaban J connectivity index is 1.25. The maximum absolute atomic E-state index is 12.5. The van der Waals surface area contributed by atoms with Gasteiger partial charge < -0.3 is 19.7 Å². The summed E-state index contributed by atoms with van der Waals surface area (Å²) in [4.78, 5) is 14.9. The standard InChI is InChI=1S/C24H24N4O3/c29-24(18-7-11-21-22(15-18)31-16-30-21)25-19-8-5-17(6-9-19)20-10-12-23(27-26-20)28-13-3-1-2-4-14-28/h5-12,15H,1-4,13-14,16H2,(H,25,29). The van der Waals surface area contributed by atoms with E-state index in [9.17, 15) is 4.79 Å². The Bertz CT molecular complexity index is 1060. The van der Waals surface area contributed by atoms with Gasteiger partial charge in [0.2, 0.25) is 6.79 Å². The molecule has 0 spiro atoms. The van der Waals surface area contributed by atoms with Gasteiger partial charge in [0.1, 0.15) is 0 Å². The van der Waals surface area contributed by atoms with Crippen molar-refractivity contribution in [2.45, 2.75) is 25.7 Å². The number of ether oxygens (including phenoxy) is 2. The zero-order chi connectivity index (χ0) is 21.0. The van der Waals surface area contributed by atoms with Crippen LogP contribution in [0.5, 0.6) is 11.5 Å². The Kier molecular flexibility index (Phi) is 5.39. The molecule has 31 heavy (non-hydrogen) atoms. The molecule has 0 radical (unpaired) electrons. The maximum Gasteiger partial charge on any atom is 0.255 e. The van der Waals surface area contributed by atoms with Crippen LogP contribution < -0.4 is 19.7 Å². The number of benzene rings is 2. The lowest BCUT2D eigenvalue weighted by Gasteiger charge is -2.20. The van der Waals surface area contributed by atoms with Crippen LogP contribution >= 0.6 is 0 Å². The summed E-state index contributed by atoms with van der Waals surface area (Å²) in [5.74, 6) is 1.99. The van der Waals surface area contributed by atoms with Gasteiger partial charge in [0.05, 0.1) is 5.69 Å². The third-order valence-electron chi connectivity index (χ3n) is 5.65. The van der Waals surface area contributed by atoms with Crippen LogP contribution in [0.2, 0.25) is 0 Å². The molecule has 1 saturated heterocycles. The fraction of sp³-hybridized carbons (Fsp3) is 0.292. The summed E-state index contributed by atoms with van der Waals surface area (Å²) in [6.45, 7) is 2.28. The molecule has 0 aliphatic carbocycles. The predicted molar refractivity (Wildman–Crippen MR) is 119 cm³/mol. The summed E-state index contributed by atoms with van der Waals surface area (Å²) in [6.07, 6.45) is 5.00. The molecular weight excluding hydrogens is 392 g/mol. The first-order chi connectivity index (χ1) is 15.3. The molecule has 1 amide bonds. The zero-order valence-corrected chi connectivity index (χ0v) is 17.2. The van der Waals surface area contributed by atoms with E-state index in [1.54, 1.807) is 18.2 Å². The fourth-order valence-electron chi connectivity index (χ4n) is 3.91. The number of fused-ring (bicyclic) bond motifs is 1. The first kappa shape index (κ1) is 19.4. The van der Waals surface area contributed by atoms with Gasteiger partial charge in [-0.15, -0.1) is 10.2 Å². The van der Waals surface area contributed by atoms with Crippen LogP contribution in [0.3, 0.4) is 0 Å². The zero-order valence-electron chi connectivity index (χ0n) is 17.2. The van der Waals surface area contributed by atoms with Crippen LogP contribution in [0.25, 0.3) is 11.3 Å². The van der Waals surface area contributed by atoms with E-state index in [0.29, 0.717) is 22.7 Å². The van der Waals surface area contributed by atoms with E-state index in [1.807, 2.05) is 36.4 Å². The normalized spacial score (nSPS) is 15.4.